The highest BCUT2D eigenvalue weighted by atomic mass is 19.2. The molecule has 1 aliphatic heterocycles. The van der Waals surface area contributed by atoms with Crippen LogP contribution in [0.3, 0.4) is 0 Å². The number of benzene rings is 1. The van der Waals surface area contributed by atoms with Crippen LogP contribution < -0.4 is 5.73 Å². The largest absolute Gasteiger partial charge is 0.369 e. The molecule has 1 fully saturated rings. The van der Waals surface area contributed by atoms with E-state index in [4.69, 9.17) is 5.73 Å². The maximum atomic E-state index is 14.1. The second-order valence-corrected chi connectivity index (χ2v) is 5.78. The van der Waals surface area contributed by atoms with Crippen LogP contribution in [0, 0.1) is 11.6 Å². The fourth-order valence-electron chi connectivity index (χ4n) is 3.18. The zero-order chi connectivity index (χ0) is 15.0. The molecule has 1 atom stereocenters. The molecular weight excluding hydrogens is 274 g/mol. The number of nitrogens with two attached hydrogens (primary N) is 1. The number of fused-ring (bicyclic) bond motifs is 1. The van der Waals surface area contributed by atoms with E-state index in [0.717, 1.165) is 25.7 Å². The summed E-state index contributed by atoms with van der Waals surface area (Å²) >= 11 is 0. The maximum Gasteiger partial charge on any atom is 0.201 e. The fraction of sp³-hybridized carbons (Fsp3) is 0.533. The lowest BCUT2D eigenvalue weighted by molar-refractivity contribution is 0.203. The number of likely N-dealkylation sites (tertiary alicyclic amines) is 1. The van der Waals surface area contributed by atoms with Gasteiger partial charge in [-0.1, -0.05) is 6.42 Å². The molecule has 0 saturated carbocycles. The monoisotopic (exact) mass is 294 g/mol. The van der Waals surface area contributed by atoms with Crippen LogP contribution in [-0.4, -0.2) is 34.1 Å². The average molecular weight is 294 g/mol. The van der Waals surface area contributed by atoms with Gasteiger partial charge in [0, 0.05) is 12.6 Å². The molecule has 114 valence electrons. The lowest BCUT2D eigenvalue weighted by Crippen LogP contribution is -2.34. The molecule has 0 bridgehead atoms. The Morgan fingerprint density at radius 3 is 2.67 bits per heavy atom. The number of piperidine rings is 1. The Hall–Kier alpha value is -1.69. The number of nitrogen functional groups attached to an aromatic ring is 1. The fourth-order valence-corrected chi connectivity index (χ4v) is 3.18. The molecule has 0 radical (unpaired) electrons. The van der Waals surface area contributed by atoms with Gasteiger partial charge in [-0.3, -0.25) is 0 Å². The second-order valence-electron chi connectivity index (χ2n) is 5.78. The van der Waals surface area contributed by atoms with Crippen molar-refractivity contribution in [3.05, 3.63) is 23.8 Å². The van der Waals surface area contributed by atoms with Gasteiger partial charge in [-0.15, -0.1) is 0 Å². The molecule has 2 heterocycles. The van der Waals surface area contributed by atoms with Gasteiger partial charge in [0.1, 0.15) is 5.52 Å². The smallest absolute Gasteiger partial charge is 0.201 e. The zero-order valence-corrected chi connectivity index (χ0v) is 12.1. The average Bonchev–Trinajstić information content (AvgIpc) is 2.81. The van der Waals surface area contributed by atoms with Crippen molar-refractivity contribution in [2.24, 2.45) is 0 Å². The summed E-state index contributed by atoms with van der Waals surface area (Å²) in [7, 11) is 0. The highest BCUT2D eigenvalue weighted by Gasteiger charge is 2.21. The summed E-state index contributed by atoms with van der Waals surface area (Å²) < 4.78 is 29.2. The molecule has 2 N–H and O–H groups in total. The first-order valence-corrected chi connectivity index (χ1v) is 7.41. The van der Waals surface area contributed by atoms with E-state index in [-0.39, 0.29) is 17.5 Å². The minimum atomic E-state index is -0.873. The van der Waals surface area contributed by atoms with Gasteiger partial charge < -0.3 is 15.2 Å². The third-order valence-electron chi connectivity index (χ3n) is 4.18. The number of hydrogen-bond donors (Lipinski definition) is 1. The predicted molar refractivity (Wildman–Crippen MR) is 79.1 cm³/mol. The number of rotatable bonds is 3. The highest BCUT2D eigenvalue weighted by molar-refractivity contribution is 5.79. The number of halogens is 2. The molecule has 1 aliphatic rings. The highest BCUT2D eigenvalue weighted by Crippen LogP contribution is 2.27. The van der Waals surface area contributed by atoms with E-state index in [2.05, 4.69) is 9.88 Å². The van der Waals surface area contributed by atoms with Gasteiger partial charge in [-0.2, -0.15) is 0 Å². The van der Waals surface area contributed by atoms with E-state index in [0.29, 0.717) is 5.52 Å². The molecule has 4 nitrogen and oxygen atoms in total. The number of aromatic nitrogens is 2. The quantitative estimate of drug-likeness (QED) is 0.946. The SMILES string of the molecule is CC(CN1CCCCC1)n1c(N)nc2ccc(F)c(F)c21. The second kappa shape index (κ2) is 5.60. The minimum Gasteiger partial charge on any atom is -0.369 e. The van der Waals surface area contributed by atoms with E-state index in [1.165, 1.54) is 25.3 Å². The number of nitrogens with zero attached hydrogens (tertiary/aromatic N) is 3. The summed E-state index contributed by atoms with van der Waals surface area (Å²) in [5.74, 6) is -1.50. The number of hydrogen-bond acceptors (Lipinski definition) is 3. The Balaban J connectivity index is 1.94. The normalized spacial score (nSPS) is 18.2. The predicted octanol–water partition coefficient (Wildman–Crippen LogP) is 2.94. The van der Waals surface area contributed by atoms with Gasteiger partial charge in [0.25, 0.3) is 0 Å². The third kappa shape index (κ3) is 2.60. The van der Waals surface area contributed by atoms with Crippen molar-refractivity contribution < 1.29 is 8.78 Å². The molecule has 21 heavy (non-hydrogen) atoms. The van der Waals surface area contributed by atoms with Crippen LogP contribution in [0.1, 0.15) is 32.2 Å². The standard InChI is InChI=1S/C15H20F2N4/c1-10(9-20-7-3-2-4-8-20)21-14-12(19-15(21)18)6-5-11(16)13(14)17/h5-6,10H,2-4,7-9H2,1H3,(H2,18,19). The summed E-state index contributed by atoms with van der Waals surface area (Å²) in [4.78, 5) is 6.49. The van der Waals surface area contributed by atoms with Crippen molar-refractivity contribution in [2.75, 3.05) is 25.4 Å². The van der Waals surface area contributed by atoms with Crippen molar-refractivity contribution in [2.45, 2.75) is 32.2 Å². The van der Waals surface area contributed by atoms with Gasteiger partial charge in [-0.05, 0) is 45.0 Å². The maximum absolute atomic E-state index is 14.1. The van der Waals surface area contributed by atoms with E-state index < -0.39 is 11.6 Å². The molecule has 1 unspecified atom stereocenters. The van der Waals surface area contributed by atoms with Gasteiger partial charge in [0.2, 0.25) is 5.95 Å². The molecule has 1 aromatic carbocycles. The van der Waals surface area contributed by atoms with E-state index in [1.807, 2.05) is 6.92 Å². The molecule has 1 saturated heterocycles. The summed E-state index contributed by atoms with van der Waals surface area (Å²) in [6, 6.07) is 2.50. The Kier molecular flexibility index (Phi) is 3.80. The van der Waals surface area contributed by atoms with Crippen LogP contribution in [0.2, 0.25) is 0 Å². The summed E-state index contributed by atoms with van der Waals surface area (Å²) in [5, 5.41) is 0. The molecular formula is C15H20F2N4. The Labute approximate surface area is 122 Å². The zero-order valence-electron chi connectivity index (χ0n) is 12.1. The first-order chi connectivity index (χ1) is 10.1. The van der Waals surface area contributed by atoms with E-state index in [9.17, 15) is 8.78 Å². The van der Waals surface area contributed by atoms with Crippen molar-refractivity contribution in [3.8, 4) is 0 Å². The molecule has 3 rings (SSSR count). The van der Waals surface area contributed by atoms with Crippen LogP contribution in [0.25, 0.3) is 11.0 Å². The van der Waals surface area contributed by atoms with Crippen molar-refractivity contribution >= 4 is 17.0 Å². The molecule has 0 aliphatic carbocycles. The van der Waals surface area contributed by atoms with Crippen LogP contribution in [-0.2, 0) is 0 Å². The summed E-state index contributed by atoms with van der Waals surface area (Å²) in [6.45, 7) is 4.84. The molecule has 0 amide bonds. The van der Waals surface area contributed by atoms with Crippen LogP contribution >= 0.6 is 0 Å². The van der Waals surface area contributed by atoms with Gasteiger partial charge in [0.05, 0.1) is 5.52 Å². The van der Waals surface area contributed by atoms with Gasteiger partial charge in [-0.25, -0.2) is 13.8 Å². The Morgan fingerprint density at radius 2 is 1.95 bits per heavy atom. The molecule has 6 heteroatoms. The van der Waals surface area contributed by atoms with Gasteiger partial charge in [0.15, 0.2) is 11.6 Å². The van der Waals surface area contributed by atoms with Crippen LogP contribution in [0.4, 0.5) is 14.7 Å². The first kappa shape index (κ1) is 14.3. The van der Waals surface area contributed by atoms with Crippen molar-refractivity contribution in [1.29, 1.82) is 0 Å². The third-order valence-corrected chi connectivity index (χ3v) is 4.18. The number of anilines is 1. The van der Waals surface area contributed by atoms with E-state index in [1.54, 1.807) is 4.57 Å². The van der Waals surface area contributed by atoms with E-state index >= 15 is 0 Å². The Bertz CT molecular complexity index is 647. The first-order valence-electron chi connectivity index (χ1n) is 7.41. The van der Waals surface area contributed by atoms with Crippen molar-refractivity contribution in [3.63, 3.8) is 0 Å². The minimum absolute atomic E-state index is 0.0515. The lowest BCUT2D eigenvalue weighted by atomic mass is 10.1. The van der Waals surface area contributed by atoms with Gasteiger partial charge >= 0.3 is 0 Å². The molecule has 1 aromatic heterocycles. The Morgan fingerprint density at radius 1 is 1.24 bits per heavy atom. The summed E-state index contributed by atoms with van der Waals surface area (Å²) in [5.41, 5.74) is 6.49. The molecule has 2 aromatic rings. The van der Waals surface area contributed by atoms with Crippen LogP contribution in [0.15, 0.2) is 12.1 Å². The topological polar surface area (TPSA) is 47.1 Å². The lowest BCUT2D eigenvalue weighted by Gasteiger charge is -2.30. The van der Waals surface area contributed by atoms with Crippen LogP contribution in [0.5, 0.6) is 0 Å². The molecule has 0 spiro atoms. The summed E-state index contributed by atoms with van der Waals surface area (Å²) in [6.07, 6.45) is 3.65. The van der Waals surface area contributed by atoms with Crippen molar-refractivity contribution in [1.82, 2.24) is 14.5 Å². The number of imidazole rings is 1.